The maximum atomic E-state index is 13.8. The molecule has 9 nitrogen and oxygen atoms in total. The highest BCUT2D eigenvalue weighted by Crippen LogP contribution is 2.37. The van der Waals surface area contributed by atoms with E-state index in [1.807, 2.05) is 0 Å². The summed E-state index contributed by atoms with van der Waals surface area (Å²) < 4.78 is 32.2. The minimum Gasteiger partial charge on any atom is -0.493 e. The topological polar surface area (TPSA) is 116 Å². The van der Waals surface area contributed by atoms with Gasteiger partial charge in [0.1, 0.15) is 12.4 Å². The minimum atomic E-state index is -1.05. The molecule has 1 unspecified atom stereocenters. The molecule has 0 saturated carbocycles. The Bertz CT molecular complexity index is 1980. The van der Waals surface area contributed by atoms with Gasteiger partial charge in [0.25, 0.3) is 5.56 Å². The van der Waals surface area contributed by atoms with Crippen LogP contribution < -0.4 is 24.4 Å². The summed E-state index contributed by atoms with van der Waals surface area (Å²) in [7, 11) is 1.45. The van der Waals surface area contributed by atoms with Crippen molar-refractivity contribution in [1.82, 2.24) is 4.57 Å². The van der Waals surface area contributed by atoms with Gasteiger partial charge in [-0.15, -0.1) is 0 Å². The van der Waals surface area contributed by atoms with Gasteiger partial charge in [-0.1, -0.05) is 47.2 Å². The normalized spacial score (nSPS) is 14.6. The molecule has 2 heterocycles. The molecule has 44 heavy (non-hydrogen) atoms. The summed E-state index contributed by atoms with van der Waals surface area (Å²) in [5, 5.41) is 9.46. The third-order valence-electron chi connectivity index (χ3n) is 6.81. The summed E-state index contributed by atoms with van der Waals surface area (Å²) in [6.45, 7) is 3.53. The molecule has 1 aromatic heterocycles. The number of carbonyl (C=O) groups excluding carboxylic acids is 1. The molecule has 0 radical (unpaired) electrons. The fourth-order valence-electron chi connectivity index (χ4n) is 4.82. The summed E-state index contributed by atoms with van der Waals surface area (Å²) in [6, 6.07) is 14.3. The van der Waals surface area contributed by atoms with Crippen molar-refractivity contribution in [3.8, 4) is 11.5 Å². The molecule has 0 fully saturated rings. The van der Waals surface area contributed by atoms with Gasteiger partial charge in [0.15, 0.2) is 16.3 Å². The number of rotatable bonds is 9. The number of thiazole rings is 1. The van der Waals surface area contributed by atoms with Crippen LogP contribution in [0, 0.1) is 5.82 Å². The van der Waals surface area contributed by atoms with Gasteiger partial charge in [-0.05, 0) is 73.0 Å². The number of aromatic nitrogens is 1. The number of hydrogen-bond donors (Lipinski definition) is 1. The number of carboxylic acid groups (broad SMARTS) is 1. The largest absolute Gasteiger partial charge is 0.493 e. The first kappa shape index (κ1) is 30.7. The molecule has 12 heteroatoms. The summed E-state index contributed by atoms with van der Waals surface area (Å²) in [6.07, 6.45) is 1.63. The number of carbonyl (C=O) groups is 2. The second-order valence-corrected chi connectivity index (χ2v) is 11.1. The zero-order valence-corrected chi connectivity index (χ0v) is 25.4. The summed E-state index contributed by atoms with van der Waals surface area (Å²) >= 11 is 7.71. The van der Waals surface area contributed by atoms with Gasteiger partial charge in [-0.25, -0.2) is 19.0 Å². The maximum absolute atomic E-state index is 13.8. The van der Waals surface area contributed by atoms with Crippen molar-refractivity contribution in [1.29, 1.82) is 0 Å². The van der Waals surface area contributed by atoms with E-state index >= 15 is 0 Å². The van der Waals surface area contributed by atoms with Gasteiger partial charge < -0.3 is 19.3 Å². The highest BCUT2D eigenvalue weighted by atomic mass is 35.5. The van der Waals surface area contributed by atoms with Crippen LogP contribution in [0.15, 0.2) is 81.7 Å². The molecule has 0 spiro atoms. The van der Waals surface area contributed by atoms with Gasteiger partial charge in [0, 0.05) is 0 Å². The molecule has 1 atom stereocenters. The van der Waals surface area contributed by atoms with E-state index in [-0.39, 0.29) is 35.1 Å². The van der Waals surface area contributed by atoms with E-state index in [2.05, 4.69) is 4.99 Å². The van der Waals surface area contributed by atoms with Crippen LogP contribution in [-0.2, 0) is 16.1 Å². The number of methoxy groups -OCH3 is 1. The summed E-state index contributed by atoms with van der Waals surface area (Å²) in [5.41, 5.74) is 2.00. The zero-order valence-electron chi connectivity index (χ0n) is 23.8. The molecular formula is C32H26ClFN2O7S. The third kappa shape index (κ3) is 6.15. The van der Waals surface area contributed by atoms with E-state index < -0.39 is 29.4 Å². The molecule has 5 rings (SSSR count). The highest BCUT2D eigenvalue weighted by Gasteiger charge is 2.33. The van der Waals surface area contributed by atoms with Gasteiger partial charge in [-0.2, -0.15) is 0 Å². The Morgan fingerprint density at radius 1 is 1.16 bits per heavy atom. The Hall–Kier alpha value is -4.74. The number of ether oxygens (including phenoxy) is 3. The maximum Gasteiger partial charge on any atom is 0.338 e. The van der Waals surface area contributed by atoms with E-state index in [1.54, 1.807) is 44.2 Å². The monoisotopic (exact) mass is 636 g/mol. The number of nitrogens with zero attached hydrogens (tertiary/aromatic N) is 2. The molecule has 1 aliphatic heterocycles. The fraction of sp³-hybridized carbons (Fsp3) is 0.188. The number of fused-ring (bicyclic) bond motifs is 1. The van der Waals surface area contributed by atoms with Crippen LogP contribution >= 0.6 is 22.9 Å². The minimum absolute atomic E-state index is 0.0423. The van der Waals surface area contributed by atoms with Crippen molar-refractivity contribution in [2.75, 3.05) is 13.7 Å². The van der Waals surface area contributed by atoms with Crippen molar-refractivity contribution in [3.63, 3.8) is 0 Å². The van der Waals surface area contributed by atoms with E-state index in [4.69, 9.17) is 25.8 Å². The molecular weight excluding hydrogens is 611 g/mol. The van der Waals surface area contributed by atoms with Crippen LogP contribution in [0.25, 0.3) is 6.08 Å². The number of hydrogen-bond acceptors (Lipinski definition) is 8. The van der Waals surface area contributed by atoms with Crippen LogP contribution in [0.5, 0.6) is 11.5 Å². The van der Waals surface area contributed by atoms with Crippen LogP contribution in [0.2, 0.25) is 5.02 Å². The quantitative estimate of drug-likeness (QED) is 0.261. The summed E-state index contributed by atoms with van der Waals surface area (Å²) in [5.74, 6) is -1.56. The van der Waals surface area contributed by atoms with E-state index in [0.29, 0.717) is 37.5 Å². The summed E-state index contributed by atoms with van der Waals surface area (Å²) in [4.78, 5) is 43.1. The van der Waals surface area contributed by atoms with Crippen LogP contribution in [-0.4, -0.2) is 35.3 Å². The van der Waals surface area contributed by atoms with Crippen molar-refractivity contribution in [2.45, 2.75) is 26.5 Å². The second kappa shape index (κ2) is 12.9. The van der Waals surface area contributed by atoms with Crippen LogP contribution in [0.1, 0.15) is 46.9 Å². The number of aromatic carboxylic acids is 1. The van der Waals surface area contributed by atoms with Gasteiger partial charge in [-0.3, -0.25) is 9.36 Å². The standard InChI is InChI=1S/C32H26ClFN2O7S/c1-4-42-31(40)26-17(2)35-32-36(27(26)20-8-10-22(34)11-9-20)29(37)25(44-32)15-19-13-23(33)28(24(14-19)41-3)43-16-18-6-5-7-21(12-18)30(38)39/h5-15,27H,4,16H2,1-3H3,(H,38,39)/b25-15-. The highest BCUT2D eigenvalue weighted by molar-refractivity contribution is 7.07. The molecule has 0 bridgehead atoms. The third-order valence-corrected chi connectivity index (χ3v) is 8.07. The molecule has 0 amide bonds. The van der Waals surface area contributed by atoms with Crippen molar-refractivity contribution < 1.29 is 33.3 Å². The zero-order chi connectivity index (χ0) is 31.5. The first-order valence-corrected chi connectivity index (χ1v) is 14.6. The SMILES string of the molecule is CCOC(=O)C1=C(C)N=c2s/c(=C\c3cc(Cl)c(OCc4cccc(C(=O)O)c4)c(OC)c3)c(=O)n2C1c1ccc(F)cc1. The molecule has 4 aromatic rings. The van der Waals surface area contributed by atoms with E-state index in [9.17, 15) is 23.9 Å². The average molecular weight is 637 g/mol. The van der Waals surface area contributed by atoms with Gasteiger partial charge in [0.05, 0.1) is 46.1 Å². The predicted molar refractivity (Wildman–Crippen MR) is 163 cm³/mol. The van der Waals surface area contributed by atoms with Crippen molar-refractivity contribution in [3.05, 3.63) is 125 Å². The lowest BCUT2D eigenvalue weighted by Gasteiger charge is -2.24. The number of carboxylic acids is 1. The van der Waals surface area contributed by atoms with Gasteiger partial charge in [0.2, 0.25) is 0 Å². The Morgan fingerprint density at radius 3 is 2.59 bits per heavy atom. The first-order chi connectivity index (χ1) is 21.1. The van der Waals surface area contributed by atoms with Crippen LogP contribution in [0.3, 0.4) is 0 Å². The lowest BCUT2D eigenvalue weighted by Crippen LogP contribution is -2.39. The average Bonchev–Trinajstić information content (AvgIpc) is 3.30. The number of halogens is 2. The smallest absolute Gasteiger partial charge is 0.338 e. The Labute approximate surface area is 259 Å². The number of allylic oxidation sites excluding steroid dienone is 1. The number of benzene rings is 3. The Balaban J connectivity index is 1.55. The van der Waals surface area contributed by atoms with E-state index in [1.165, 1.54) is 48.1 Å². The van der Waals surface area contributed by atoms with E-state index in [0.717, 1.165) is 11.3 Å². The fourth-order valence-corrected chi connectivity index (χ4v) is 6.14. The lowest BCUT2D eigenvalue weighted by atomic mass is 9.96. The molecule has 0 aliphatic carbocycles. The molecule has 1 aliphatic rings. The van der Waals surface area contributed by atoms with Crippen LogP contribution in [0.4, 0.5) is 4.39 Å². The van der Waals surface area contributed by atoms with Crippen molar-refractivity contribution >= 4 is 41.0 Å². The second-order valence-electron chi connectivity index (χ2n) is 9.68. The predicted octanol–water partition coefficient (Wildman–Crippen LogP) is 4.88. The Morgan fingerprint density at radius 2 is 1.91 bits per heavy atom. The molecule has 226 valence electrons. The number of esters is 1. The first-order valence-electron chi connectivity index (χ1n) is 13.4. The Kier molecular flexibility index (Phi) is 8.98. The van der Waals surface area contributed by atoms with Crippen molar-refractivity contribution in [2.24, 2.45) is 4.99 Å². The molecule has 0 saturated heterocycles. The van der Waals surface area contributed by atoms with Gasteiger partial charge >= 0.3 is 11.9 Å². The molecule has 1 N–H and O–H groups in total. The molecule has 3 aromatic carbocycles. The lowest BCUT2D eigenvalue weighted by molar-refractivity contribution is -0.139.